The van der Waals surface area contributed by atoms with Gasteiger partial charge in [0, 0.05) is 10.2 Å². The maximum atomic E-state index is 13.2. The summed E-state index contributed by atoms with van der Waals surface area (Å²) in [5.74, 6) is -1.01. The third-order valence-corrected chi connectivity index (χ3v) is 6.07. The van der Waals surface area contributed by atoms with E-state index in [0.717, 1.165) is 15.6 Å². The molecule has 136 valence electrons. The Morgan fingerprint density at radius 2 is 1.93 bits per heavy atom. The van der Waals surface area contributed by atoms with Crippen molar-refractivity contribution in [3.63, 3.8) is 0 Å². The summed E-state index contributed by atoms with van der Waals surface area (Å²) >= 11 is 4.58. The highest BCUT2D eigenvalue weighted by molar-refractivity contribution is 9.10. The summed E-state index contributed by atoms with van der Waals surface area (Å²) in [4.78, 5) is 26.3. The minimum atomic E-state index is -0.841. The Labute approximate surface area is 170 Å². The van der Waals surface area contributed by atoms with Crippen LogP contribution in [-0.4, -0.2) is 17.1 Å². The third kappa shape index (κ3) is 3.92. The molecule has 2 aromatic carbocycles. The van der Waals surface area contributed by atoms with E-state index in [1.54, 1.807) is 24.3 Å². The highest BCUT2D eigenvalue weighted by atomic mass is 79.9. The molecule has 0 bridgehead atoms. The minimum Gasteiger partial charge on any atom is -0.365 e. The molecule has 5 nitrogen and oxygen atoms in total. The molecule has 2 N–H and O–H groups in total. The lowest BCUT2D eigenvalue weighted by molar-refractivity contribution is -0.117. The molecule has 0 aromatic heterocycles. The van der Waals surface area contributed by atoms with Crippen LogP contribution < -0.4 is 10.6 Å². The first kappa shape index (κ1) is 19.2. The van der Waals surface area contributed by atoms with Crippen molar-refractivity contribution >= 4 is 45.2 Å². The molecule has 27 heavy (non-hydrogen) atoms. The van der Waals surface area contributed by atoms with Gasteiger partial charge in [-0.15, -0.1) is 0 Å². The van der Waals surface area contributed by atoms with Crippen molar-refractivity contribution in [1.82, 2.24) is 0 Å². The normalized spacial score (nSPS) is 18.3. The van der Waals surface area contributed by atoms with Crippen molar-refractivity contribution in [2.75, 3.05) is 4.90 Å². The van der Waals surface area contributed by atoms with Crippen LogP contribution in [0.3, 0.4) is 0 Å². The maximum Gasteiger partial charge on any atom is 0.262 e. The molecule has 3 rings (SSSR count). The monoisotopic (exact) mass is 441 g/mol. The summed E-state index contributed by atoms with van der Waals surface area (Å²) in [5.41, 5.74) is 7.91. The van der Waals surface area contributed by atoms with E-state index >= 15 is 0 Å². The molecule has 1 saturated heterocycles. The van der Waals surface area contributed by atoms with Crippen LogP contribution in [-0.2, 0) is 16.0 Å². The van der Waals surface area contributed by atoms with Gasteiger partial charge in [0.05, 0.1) is 5.25 Å². The number of nitrogens with zero attached hydrogens (tertiary/aromatic N) is 2. The zero-order valence-electron chi connectivity index (χ0n) is 14.5. The quantitative estimate of drug-likeness (QED) is 0.578. The van der Waals surface area contributed by atoms with Crippen LogP contribution in [0.5, 0.6) is 0 Å². The van der Waals surface area contributed by atoms with Gasteiger partial charge >= 0.3 is 0 Å². The number of thioether (sulfide) groups is 1. The number of primary amides is 1. The summed E-state index contributed by atoms with van der Waals surface area (Å²) in [5, 5.41) is 9.25. The average molecular weight is 442 g/mol. The van der Waals surface area contributed by atoms with Gasteiger partial charge in [0.25, 0.3) is 5.91 Å². The molecule has 0 radical (unpaired) electrons. The highest BCUT2D eigenvalue weighted by Gasteiger charge is 2.40. The Bertz CT molecular complexity index is 979. The summed E-state index contributed by atoms with van der Waals surface area (Å²) in [7, 11) is 0. The fraction of sp³-hybridized carbons (Fsp3) is 0.150. The number of hydrogen-bond donors (Lipinski definition) is 1. The number of aryl methyl sites for hydroxylation is 1. The van der Waals surface area contributed by atoms with Crippen LogP contribution in [0.4, 0.5) is 5.69 Å². The van der Waals surface area contributed by atoms with Gasteiger partial charge in [0.1, 0.15) is 16.7 Å². The molecule has 2 amide bonds. The van der Waals surface area contributed by atoms with E-state index in [0.29, 0.717) is 12.1 Å². The Hall–Kier alpha value is -2.56. The molecule has 1 heterocycles. The molecule has 1 aliphatic rings. The lowest BCUT2D eigenvalue weighted by atomic mass is 10.0. The van der Waals surface area contributed by atoms with Crippen LogP contribution in [0.25, 0.3) is 0 Å². The molecule has 1 fully saturated rings. The van der Waals surface area contributed by atoms with E-state index in [1.165, 1.54) is 16.7 Å². The smallest absolute Gasteiger partial charge is 0.262 e. The van der Waals surface area contributed by atoms with Gasteiger partial charge in [-0.05, 0) is 48.7 Å². The largest absolute Gasteiger partial charge is 0.365 e. The number of nitrogens with two attached hydrogens (primary N) is 1. The number of rotatable bonds is 4. The van der Waals surface area contributed by atoms with Gasteiger partial charge in [0.15, 0.2) is 0 Å². The Balaban J connectivity index is 2.05. The molecule has 1 atom stereocenters. The van der Waals surface area contributed by atoms with Crippen molar-refractivity contribution in [3.8, 4) is 6.07 Å². The highest BCUT2D eigenvalue weighted by Crippen LogP contribution is 2.42. The fourth-order valence-corrected chi connectivity index (χ4v) is 4.43. The zero-order chi connectivity index (χ0) is 19.6. The number of carbonyl (C=O) groups is 2. The van der Waals surface area contributed by atoms with E-state index in [9.17, 15) is 14.9 Å². The molecule has 0 spiro atoms. The Kier molecular flexibility index (Phi) is 5.68. The minimum absolute atomic E-state index is 0.172. The zero-order valence-corrected chi connectivity index (χ0v) is 16.9. The van der Waals surface area contributed by atoms with Gasteiger partial charge in [-0.1, -0.05) is 52.0 Å². The molecule has 0 aliphatic carbocycles. The van der Waals surface area contributed by atoms with Gasteiger partial charge in [0.2, 0.25) is 5.91 Å². The second-order valence-electron chi connectivity index (χ2n) is 6.04. The maximum absolute atomic E-state index is 13.2. The lowest BCUT2D eigenvalue weighted by Crippen LogP contribution is -2.31. The van der Waals surface area contributed by atoms with Crippen LogP contribution in [0.1, 0.15) is 11.1 Å². The topological polar surface area (TPSA) is 87.2 Å². The third-order valence-electron chi connectivity index (χ3n) is 4.28. The van der Waals surface area contributed by atoms with Gasteiger partial charge < -0.3 is 5.73 Å². The van der Waals surface area contributed by atoms with Crippen LogP contribution in [0.2, 0.25) is 0 Å². The number of nitriles is 1. The molecular formula is C20H16BrN3O2S. The predicted molar refractivity (Wildman–Crippen MR) is 110 cm³/mol. The van der Waals surface area contributed by atoms with E-state index in [4.69, 9.17) is 5.73 Å². The first-order valence-corrected chi connectivity index (χ1v) is 9.84. The van der Waals surface area contributed by atoms with Crippen molar-refractivity contribution in [3.05, 3.63) is 74.7 Å². The molecule has 2 aromatic rings. The number of carbonyl (C=O) groups excluding carboxylic acids is 2. The number of halogens is 1. The Morgan fingerprint density at radius 1 is 1.26 bits per heavy atom. The summed E-state index contributed by atoms with van der Waals surface area (Å²) in [6.07, 6.45) is 0.504. The summed E-state index contributed by atoms with van der Waals surface area (Å²) in [6, 6.07) is 16.8. The van der Waals surface area contributed by atoms with E-state index < -0.39 is 11.2 Å². The van der Waals surface area contributed by atoms with Gasteiger partial charge in [-0.3, -0.25) is 14.5 Å². The van der Waals surface area contributed by atoms with Crippen molar-refractivity contribution in [2.24, 2.45) is 5.73 Å². The molecular weight excluding hydrogens is 426 g/mol. The van der Waals surface area contributed by atoms with Gasteiger partial charge in [-0.2, -0.15) is 5.26 Å². The first-order chi connectivity index (χ1) is 12.9. The van der Waals surface area contributed by atoms with Crippen LogP contribution in [0, 0.1) is 18.3 Å². The number of benzene rings is 2. The molecule has 0 saturated carbocycles. The second-order valence-corrected chi connectivity index (χ2v) is 8.15. The van der Waals surface area contributed by atoms with Crippen LogP contribution >= 0.6 is 27.7 Å². The first-order valence-electron chi connectivity index (χ1n) is 8.17. The van der Waals surface area contributed by atoms with E-state index in [1.807, 2.05) is 37.3 Å². The van der Waals surface area contributed by atoms with E-state index in [2.05, 4.69) is 15.9 Å². The Morgan fingerprint density at radius 3 is 2.52 bits per heavy atom. The standard InChI is InChI=1S/C20H16BrN3O2S/c1-12-4-2-3-5-13(12)10-17-19(26)24(15-8-6-14(21)7-9-15)20(27-17)16(11-22)18(23)25/h2-9,17H,10H2,1H3,(H2,23,25)/b20-16+/t17-/m1/s1. The van der Waals surface area contributed by atoms with Crippen molar-refractivity contribution in [1.29, 1.82) is 5.26 Å². The number of anilines is 1. The molecule has 7 heteroatoms. The average Bonchev–Trinajstić information content (AvgIpc) is 2.94. The summed E-state index contributed by atoms with van der Waals surface area (Å²) < 4.78 is 0.864. The van der Waals surface area contributed by atoms with Crippen LogP contribution in [0.15, 0.2) is 63.6 Å². The number of amides is 2. The second kappa shape index (κ2) is 7.99. The molecule has 1 aliphatic heterocycles. The fourth-order valence-electron chi connectivity index (χ4n) is 2.86. The SMILES string of the molecule is Cc1ccccc1C[C@H]1S/C(=C(\C#N)C(N)=O)N(c2ccc(Br)cc2)C1=O. The van der Waals surface area contributed by atoms with E-state index in [-0.39, 0.29) is 16.5 Å². The lowest BCUT2D eigenvalue weighted by Gasteiger charge is -2.18. The van der Waals surface area contributed by atoms with Gasteiger partial charge in [-0.25, -0.2) is 0 Å². The number of hydrogen-bond acceptors (Lipinski definition) is 4. The van der Waals surface area contributed by atoms with Crippen molar-refractivity contribution in [2.45, 2.75) is 18.6 Å². The molecule has 0 unspecified atom stereocenters. The predicted octanol–water partition coefficient (Wildman–Crippen LogP) is 3.67. The summed E-state index contributed by atoms with van der Waals surface area (Å²) in [6.45, 7) is 1.99. The van der Waals surface area contributed by atoms with Crippen molar-refractivity contribution < 1.29 is 9.59 Å².